The smallest absolute Gasteiger partial charge is 0.276 e. The Morgan fingerprint density at radius 3 is 2.50 bits per heavy atom. The van der Waals surface area contributed by atoms with E-state index in [1.54, 1.807) is 18.2 Å². The molecule has 0 radical (unpaired) electrons. The van der Waals surface area contributed by atoms with Crippen LogP contribution in [0.1, 0.15) is 32.3 Å². The van der Waals surface area contributed by atoms with Gasteiger partial charge in [-0.05, 0) is 55.3 Å². The third-order valence-electron chi connectivity index (χ3n) is 3.61. The second-order valence-corrected chi connectivity index (χ2v) is 8.25. The summed E-state index contributed by atoms with van der Waals surface area (Å²) in [5, 5.41) is 4.23. The summed E-state index contributed by atoms with van der Waals surface area (Å²) in [6.07, 6.45) is 3.37. The molecule has 9 heteroatoms. The van der Waals surface area contributed by atoms with E-state index < -0.39 is 10.0 Å². The highest BCUT2D eigenvalue weighted by molar-refractivity contribution is 7.89. The fraction of sp³-hybridized carbons (Fsp3) is 0.316. The maximum atomic E-state index is 12.3. The molecule has 0 bridgehead atoms. The highest BCUT2D eigenvalue weighted by Crippen LogP contribution is 2.28. The van der Waals surface area contributed by atoms with Crippen molar-refractivity contribution in [3.8, 4) is 11.5 Å². The number of unbranched alkanes of at least 4 members (excludes halogenated alkanes) is 1. The summed E-state index contributed by atoms with van der Waals surface area (Å²) in [6, 6.07) is 9.30. The van der Waals surface area contributed by atoms with E-state index in [1.165, 1.54) is 24.4 Å². The van der Waals surface area contributed by atoms with Gasteiger partial charge in [-0.15, -0.1) is 0 Å². The van der Waals surface area contributed by atoms with Crippen molar-refractivity contribution in [3.63, 3.8) is 0 Å². The molecule has 0 aliphatic carbocycles. The van der Waals surface area contributed by atoms with E-state index in [0.717, 1.165) is 12.8 Å². The van der Waals surface area contributed by atoms with Gasteiger partial charge >= 0.3 is 0 Å². The standard InChI is InChI=1S/C19H22Cl2N2O4S/c1-3-5-10-27-18-9-6-14(11-19(18)26-4-2)13-22-23-28(24,25)15-7-8-16(20)17(21)12-15/h6-9,11-13,23H,3-5,10H2,1-2H3/b22-13+. The van der Waals surface area contributed by atoms with E-state index in [1.807, 2.05) is 6.92 Å². The lowest BCUT2D eigenvalue weighted by Gasteiger charge is -2.12. The Hall–Kier alpha value is -1.96. The zero-order valence-corrected chi connectivity index (χ0v) is 17.9. The fourth-order valence-electron chi connectivity index (χ4n) is 2.19. The van der Waals surface area contributed by atoms with Crippen LogP contribution in [-0.2, 0) is 10.0 Å². The van der Waals surface area contributed by atoms with E-state index in [2.05, 4.69) is 16.9 Å². The van der Waals surface area contributed by atoms with Crippen molar-refractivity contribution >= 4 is 39.4 Å². The molecule has 6 nitrogen and oxygen atoms in total. The van der Waals surface area contributed by atoms with Gasteiger partial charge in [0.25, 0.3) is 10.0 Å². The van der Waals surface area contributed by atoms with Gasteiger partial charge in [-0.25, -0.2) is 4.83 Å². The summed E-state index contributed by atoms with van der Waals surface area (Å²) in [5.41, 5.74) is 0.656. The molecular formula is C19H22Cl2N2O4S. The van der Waals surface area contributed by atoms with Gasteiger partial charge in [0.1, 0.15) is 0 Å². The zero-order valence-electron chi connectivity index (χ0n) is 15.6. The minimum Gasteiger partial charge on any atom is -0.490 e. The number of hydrogen-bond donors (Lipinski definition) is 1. The van der Waals surface area contributed by atoms with E-state index in [4.69, 9.17) is 32.7 Å². The first-order chi connectivity index (χ1) is 13.4. The Morgan fingerprint density at radius 1 is 1.04 bits per heavy atom. The molecule has 152 valence electrons. The Labute approximate surface area is 175 Å². The number of sulfonamides is 1. The van der Waals surface area contributed by atoms with Crippen LogP contribution >= 0.6 is 23.2 Å². The predicted octanol–water partition coefficient (Wildman–Crippen LogP) is 4.88. The Bertz CT molecular complexity index is 934. The molecule has 2 aromatic rings. The van der Waals surface area contributed by atoms with Crippen LogP contribution in [0.2, 0.25) is 10.0 Å². The molecule has 1 N–H and O–H groups in total. The molecule has 0 saturated heterocycles. The van der Waals surface area contributed by atoms with Crippen LogP contribution in [0.15, 0.2) is 46.4 Å². The first-order valence-corrected chi connectivity index (χ1v) is 11.0. The molecule has 0 unspecified atom stereocenters. The van der Waals surface area contributed by atoms with Crippen LogP contribution in [0.25, 0.3) is 0 Å². The minimum atomic E-state index is -3.86. The minimum absolute atomic E-state index is 0.0336. The zero-order chi connectivity index (χ0) is 20.6. The average molecular weight is 445 g/mol. The van der Waals surface area contributed by atoms with Crippen molar-refractivity contribution in [1.29, 1.82) is 0 Å². The predicted molar refractivity (Wildman–Crippen MR) is 112 cm³/mol. The molecule has 0 fully saturated rings. The maximum absolute atomic E-state index is 12.3. The third-order valence-corrected chi connectivity index (χ3v) is 5.57. The monoisotopic (exact) mass is 444 g/mol. The largest absolute Gasteiger partial charge is 0.490 e. The van der Waals surface area contributed by atoms with Gasteiger partial charge < -0.3 is 9.47 Å². The normalized spacial score (nSPS) is 11.6. The Morgan fingerprint density at radius 2 is 1.82 bits per heavy atom. The molecule has 0 amide bonds. The second kappa shape index (κ2) is 10.5. The molecule has 0 aliphatic rings. The van der Waals surface area contributed by atoms with Crippen molar-refractivity contribution in [2.75, 3.05) is 13.2 Å². The summed E-state index contributed by atoms with van der Waals surface area (Å²) < 4.78 is 35.9. The molecular weight excluding hydrogens is 423 g/mol. The van der Waals surface area contributed by atoms with Gasteiger partial charge in [-0.3, -0.25) is 0 Å². The molecule has 28 heavy (non-hydrogen) atoms. The van der Waals surface area contributed by atoms with E-state index in [9.17, 15) is 8.42 Å². The number of rotatable bonds is 10. The van der Waals surface area contributed by atoms with Crippen LogP contribution in [0, 0.1) is 0 Å². The number of hydrogen-bond acceptors (Lipinski definition) is 5. The third kappa shape index (κ3) is 6.29. The SMILES string of the molecule is CCCCOc1ccc(/C=N/NS(=O)(=O)c2ccc(Cl)c(Cl)c2)cc1OCC. The van der Waals surface area contributed by atoms with Gasteiger partial charge in [0.15, 0.2) is 11.5 Å². The summed E-state index contributed by atoms with van der Waals surface area (Å²) in [7, 11) is -3.86. The maximum Gasteiger partial charge on any atom is 0.276 e. The number of benzene rings is 2. The summed E-state index contributed by atoms with van der Waals surface area (Å²) >= 11 is 11.7. The van der Waals surface area contributed by atoms with Crippen LogP contribution < -0.4 is 14.3 Å². The van der Waals surface area contributed by atoms with Crippen molar-refractivity contribution in [1.82, 2.24) is 4.83 Å². The number of nitrogens with one attached hydrogen (secondary N) is 1. The lowest BCUT2D eigenvalue weighted by atomic mass is 10.2. The highest BCUT2D eigenvalue weighted by Gasteiger charge is 2.14. The average Bonchev–Trinajstić information content (AvgIpc) is 2.66. The van der Waals surface area contributed by atoms with Crippen LogP contribution in [-0.4, -0.2) is 27.8 Å². The fourth-order valence-corrected chi connectivity index (χ4v) is 3.37. The summed E-state index contributed by atoms with van der Waals surface area (Å²) in [6.45, 7) is 5.05. The lowest BCUT2D eigenvalue weighted by molar-refractivity contribution is 0.272. The molecule has 0 saturated carbocycles. The summed E-state index contributed by atoms with van der Waals surface area (Å²) in [5.74, 6) is 1.22. The van der Waals surface area contributed by atoms with Gasteiger partial charge in [0.05, 0.1) is 34.4 Å². The molecule has 0 aromatic heterocycles. The van der Waals surface area contributed by atoms with Crippen LogP contribution in [0.3, 0.4) is 0 Å². The number of halogens is 2. The number of nitrogens with zero attached hydrogens (tertiary/aromatic N) is 1. The van der Waals surface area contributed by atoms with Crippen molar-refractivity contribution < 1.29 is 17.9 Å². The van der Waals surface area contributed by atoms with Crippen molar-refractivity contribution in [2.24, 2.45) is 5.10 Å². The van der Waals surface area contributed by atoms with E-state index in [-0.39, 0.29) is 14.9 Å². The van der Waals surface area contributed by atoms with Crippen molar-refractivity contribution in [3.05, 3.63) is 52.0 Å². The Kier molecular flexibility index (Phi) is 8.41. The number of hydrazone groups is 1. The van der Waals surface area contributed by atoms with Gasteiger partial charge in [-0.1, -0.05) is 36.5 Å². The first-order valence-electron chi connectivity index (χ1n) is 8.77. The molecule has 0 aliphatic heterocycles. The highest BCUT2D eigenvalue weighted by atomic mass is 35.5. The molecule has 0 spiro atoms. The molecule has 0 atom stereocenters. The van der Waals surface area contributed by atoms with E-state index >= 15 is 0 Å². The second-order valence-electron chi connectivity index (χ2n) is 5.77. The van der Waals surface area contributed by atoms with Gasteiger partial charge in [-0.2, -0.15) is 13.5 Å². The van der Waals surface area contributed by atoms with Crippen molar-refractivity contribution in [2.45, 2.75) is 31.6 Å². The van der Waals surface area contributed by atoms with Crippen LogP contribution in [0.5, 0.6) is 11.5 Å². The molecule has 2 rings (SSSR count). The first kappa shape index (κ1) is 22.3. The topological polar surface area (TPSA) is 77.0 Å². The van der Waals surface area contributed by atoms with Gasteiger partial charge in [0.2, 0.25) is 0 Å². The molecule has 2 aromatic carbocycles. The lowest BCUT2D eigenvalue weighted by Crippen LogP contribution is -2.18. The summed E-state index contributed by atoms with van der Waals surface area (Å²) in [4.78, 5) is 2.11. The van der Waals surface area contributed by atoms with Crippen LogP contribution in [0.4, 0.5) is 0 Å². The van der Waals surface area contributed by atoms with E-state index in [0.29, 0.717) is 30.3 Å². The Balaban J connectivity index is 2.12. The van der Waals surface area contributed by atoms with Gasteiger partial charge in [0, 0.05) is 0 Å². The molecule has 0 heterocycles. The quantitative estimate of drug-likeness (QED) is 0.321. The number of ether oxygens (including phenoxy) is 2.